The smallest absolute Gasteiger partial charge is 0.243 e. The lowest BCUT2D eigenvalue weighted by Crippen LogP contribution is -2.48. The molecule has 1 aliphatic rings. The Morgan fingerprint density at radius 2 is 2.19 bits per heavy atom. The van der Waals surface area contributed by atoms with E-state index >= 15 is 0 Å². The predicted octanol–water partition coefficient (Wildman–Crippen LogP) is -0.366. The summed E-state index contributed by atoms with van der Waals surface area (Å²) in [6.45, 7) is 3.17. The van der Waals surface area contributed by atoms with E-state index in [1.807, 2.05) is 14.0 Å². The van der Waals surface area contributed by atoms with Crippen molar-refractivity contribution in [1.82, 2.24) is 15.5 Å². The minimum absolute atomic E-state index is 0.0398. The molecule has 0 radical (unpaired) electrons. The lowest BCUT2D eigenvalue weighted by atomic mass is 10.2. The van der Waals surface area contributed by atoms with Crippen molar-refractivity contribution in [1.29, 1.82) is 0 Å². The molecule has 0 bridgehead atoms. The normalized spacial score (nSPS) is 19.9. The fourth-order valence-electron chi connectivity index (χ4n) is 1.54. The van der Waals surface area contributed by atoms with Gasteiger partial charge in [0.15, 0.2) is 0 Å². The first-order valence-electron chi connectivity index (χ1n) is 5.50. The van der Waals surface area contributed by atoms with Crippen LogP contribution in [0, 0.1) is 0 Å². The molecule has 92 valence electrons. The SMILES string of the molecule is CCC(=O)N1CSCC1C(=O)NCCNC. The topological polar surface area (TPSA) is 61.4 Å². The second-order valence-electron chi connectivity index (χ2n) is 3.63. The molecule has 2 amide bonds. The molecule has 5 nitrogen and oxygen atoms in total. The van der Waals surface area contributed by atoms with Gasteiger partial charge < -0.3 is 15.5 Å². The number of hydrogen-bond donors (Lipinski definition) is 2. The van der Waals surface area contributed by atoms with Gasteiger partial charge in [-0.15, -0.1) is 11.8 Å². The predicted molar refractivity (Wildman–Crippen MR) is 65.2 cm³/mol. The third-order valence-electron chi connectivity index (χ3n) is 2.48. The minimum Gasteiger partial charge on any atom is -0.353 e. The maximum Gasteiger partial charge on any atom is 0.243 e. The number of hydrogen-bond acceptors (Lipinski definition) is 4. The van der Waals surface area contributed by atoms with Gasteiger partial charge in [-0.05, 0) is 7.05 Å². The summed E-state index contributed by atoms with van der Waals surface area (Å²) in [6, 6.07) is -0.283. The van der Waals surface area contributed by atoms with Gasteiger partial charge in [0.2, 0.25) is 11.8 Å². The Balaban J connectivity index is 2.44. The van der Waals surface area contributed by atoms with Crippen LogP contribution < -0.4 is 10.6 Å². The molecule has 0 spiro atoms. The molecular weight excluding hydrogens is 226 g/mol. The van der Waals surface area contributed by atoms with E-state index in [0.29, 0.717) is 24.6 Å². The molecule has 1 saturated heterocycles. The van der Waals surface area contributed by atoms with Crippen molar-refractivity contribution in [2.24, 2.45) is 0 Å². The Kier molecular flexibility index (Phi) is 5.62. The number of carbonyl (C=O) groups is 2. The van der Waals surface area contributed by atoms with Gasteiger partial charge >= 0.3 is 0 Å². The first-order chi connectivity index (χ1) is 7.70. The van der Waals surface area contributed by atoms with Gasteiger partial charge in [-0.2, -0.15) is 0 Å². The number of thioether (sulfide) groups is 1. The minimum atomic E-state index is -0.283. The highest BCUT2D eigenvalue weighted by Crippen LogP contribution is 2.21. The van der Waals surface area contributed by atoms with Crippen LogP contribution in [-0.4, -0.2) is 54.5 Å². The molecule has 16 heavy (non-hydrogen) atoms. The Morgan fingerprint density at radius 1 is 1.44 bits per heavy atom. The van der Waals surface area contributed by atoms with E-state index in [1.54, 1.807) is 16.7 Å². The second-order valence-corrected chi connectivity index (χ2v) is 4.63. The Bertz CT molecular complexity index is 260. The summed E-state index contributed by atoms with van der Waals surface area (Å²) in [5.74, 6) is 1.36. The summed E-state index contributed by atoms with van der Waals surface area (Å²) >= 11 is 1.63. The van der Waals surface area contributed by atoms with E-state index in [0.717, 1.165) is 6.54 Å². The second kappa shape index (κ2) is 6.75. The third kappa shape index (κ3) is 3.38. The zero-order chi connectivity index (χ0) is 12.0. The highest BCUT2D eigenvalue weighted by molar-refractivity contribution is 7.99. The summed E-state index contributed by atoms with van der Waals surface area (Å²) in [7, 11) is 1.84. The van der Waals surface area contributed by atoms with Gasteiger partial charge in [-0.3, -0.25) is 9.59 Å². The molecule has 2 N–H and O–H groups in total. The van der Waals surface area contributed by atoms with E-state index in [1.165, 1.54) is 0 Å². The molecule has 1 rings (SSSR count). The lowest BCUT2D eigenvalue weighted by molar-refractivity contribution is -0.137. The average Bonchev–Trinajstić information content (AvgIpc) is 2.77. The number of carbonyl (C=O) groups excluding carboxylic acids is 2. The van der Waals surface area contributed by atoms with E-state index in [-0.39, 0.29) is 17.9 Å². The van der Waals surface area contributed by atoms with Crippen molar-refractivity contribution in [2.75, 3.05) is 31.8 Å². The molecule has 6 heteroatoms. The van der Waals surface area contributed by atoms with E-state index in [4.69, 9.17) is 0 Å². The van der Waals surface area contributed by atoms with Crippen molar-refractivity contribution in [2.45, 2.75) is 19.4 Å². The largest absolute Gasteiger partial charge is 0.353 e. The quantitative estimate of drug-likeness (QED) is 0.649. The molecule has 1 aliphatic heterocycles. The molecule has 0 aromatic heterocycles. The van der Waals surface area contributed by atoms with Crippen molar-refractivity contribution >= 4 is 23.6 Å². The van der Waals surface area contributed by atoms with Crippen LogP contribution in [0.4, 0.5) is 0 Å². The van der Waals surface area contributed by atoms with Gasteiger partial charge in [0.25, 0.3) is 0 Å². The van der Waals surface area contributed by atoms with Crippen LogP contribution in [0.3, 0.4) is 0 Å². The Hall–Kier alpha value is -0.750. The van der Waals surface area contributed by atoms with Gasteiger partial charge in [0, 0.05) is 25.3 Å². The zero-order valence-corrected chi connectivity index (χ0v) is 10.6. The number of nitrogens with one attached hydrogen (secondary N) is 2. The molecule has 0 aromatic carbocycles. The maximum atomic E-state index is 11.8. The van der Waals surface area contributed by atoms with Crippen LogP contribution in [0.25, 0.3) is 0 Å². The summed E-state index contributed by atoms with van der Waals surface area (Å²) in [5, 5.41) is 5.78. The van der Waals surface area contributed by atoms with Gasteiger partial charge in [-0.25, -0.2) is 0 Å². The molecule has 0 saturated carbocycles. The molecule has 1 fully saturated rings. The molecule has 1 atom stereocenters. The average molecular weight is 245 g/mol. The summed E-state index contributed by atoms with van der Waals surface area (Å²) in [4.78, 5) is 25.1. The molecule has 0 aliphatic carbocycles. The van der Waals surface area contributed by atoms with Crippen molar-refractivity contribution in [3.8, 4) is 0 Å². The van der Waals surface area contributed by atoms with Crippen molar-refractivity contribution in [3.63, 3.8) is 0 Å². The Labute approximate surface area is 100 Å². The van der Waals surface area contributed by atoms with Crippen LogP contribution in [-0.2, 0) is 9.59 Å². The van der Waals surface area contributed by atoms with E-state index < -0.39 is 0 Å². The van der Waals surface area contributed by atoms with Crippen molar-refractivity contribution in [3.05, 3.63) is 0 Å². The summed E-state index contributed by atoms with van der Waals surface area (Å²) in [5.41, 5.74) is 0. The molecular formula is C10H19N3O2S. The number of likely N-dealkylation sites (N-methyl/N-ethyl adjacent to an activating group) is 1. The number of amides is 2. The summed E-state index contributed by atoms with van der Waals surface area (Å²) < 4.78 is 0. The molecule has 1 unspecified atom stereocenters. The van der Waals surface area contributed by atoms with Gasteiger partial charge in [0.05, 0.1) is 5.88 Å². The van der Waals surface area contributed by atoms with Gasteiger partial charge in [0.1, 0.15) is 6.04 Å². The van der Waals surface area contributed by atoms with Crippen LogP contribution in [0.5, 0.6) is 0 Å². The number of rotatable bonds is 5. The summed E-state index contributed by atoms with van der Waals surface area (Å²) in [6.07, 6.45) is 0.459. The van der Waals surface area contributed by atoms with E-state index in [2.05, 4.69) is 10.6 Å². The standard InChI is InChI=1S/C10H19N3O2S/c1-3-9(14)13-7-16-6-8(13)10(15)12-5-4-11-2/h8,11H,3-7H2,1-2H3,(H,12,15). The van der Waals surface area contributed by atoms with Crippen molar-refractivity contribution < 1.29 is 9.59 Å². The number of nitrogens with zero attached hydrogens (tertiary/aromatic N) is 1. The third-order valence-corrected chi connectivity index (χ3v) is 3.49. The lowest BCUT2D eigenvalue weighted by Gasteiger charge is -2.22. The monoisotopic (exact) mass is 245 g/mol. The van der Waals surface area contributed by atoms with Crippen LogP contribution >= 0.6 is 11.8 Å². The van der Waals surface area contributed by atoms with E-state index in [9.17, 15) is 9.59 Å². The fraction of sp³-hybridized carbons (Fsp3) is 0.800. The van der Waals surface area contributed by atoms with Crippen LogP contribution in [0.2, 0.25) is 0 Å². The highest BCUT2D eigenvalue weighted by Gasteiger charge is 2.33. The first-order valence-corrected chi connectivity index (χ1v) is 6.65. The first kappa shape index (κ1) is 13.3. The van der Waals surface area contributed by atoms with Gasteiger partial charge in [-0.1, -0.05) is 6.92 Å². The van der Waals surface area contributed by atoms with Crippen LogP contribution in [0.15, 0.2) is 0 Å². The zero-order valence-electron chi connectivity index (χ0n) is 9.78. The Morgan fingerprint density at radius 3 is 2.81 bits per heavy atom. The van der Waals surface area contributed by atoms with Crippen LogP contribution in [0.1, 0.15) is 13.3 Å². The maximum absolute atomic E-state index is 11.8. The highest BCUT2D eigenvalue weighted by atomic mass is 32.2. The molecule has 1 heterocycles. The fourth-order valence-corrected chi connectivity index (χ4v) is 2.72. The molecule has 0 aromatic rings.